The van der Waals surface area contributed by atoms with Crippen LogP contribution in [-0.2, 0) is 11.2 Å². The smallest absolute Gasteiger partial charge is 0.239 e. The van der Waals surface area contributed by atoms with Crippen molar-refractivity contribution in [1.29, 1.82) is 0 Å². The number of hydrogen-bond acceptors (Lipinski definition) is 7. The Kier molecular flexibility index (Phi) is 9.62. The molecule has 2 aromatic carbocycles. The summed E-state index contributed by atoms with van der Waals surface area (Å²) in [6, 6.07) is 13.4. The Morgan fingerprint density at radius 1 is 1.06 bits per heavy atom. The maximum absolute atomic E-state index is 12.3. The lowest BCUT2D eigenvalue weighted by molar-refractivity contribution is -0.118. The molecule has 1 fully saturated rings. The summed E-state index contributed by atoms with van der Waals surface area (Å²) in [5, 5.41) is 11.3. The van der Waals surface area contributed by atoms with E-state index < -0.39 is 0 Å². The summed E-state index contributed by atoms with van der Waals surface area (Å²) in [4.78, 5) is 12.3. The number of hydrogen-bond donors (Lipinski definition) is 1. The van der Waals surface area contributed by atoms with Gasteiger partial charge in [0.05, 0.1) is 32.3 Å². The molecule has 0 spiro atoms. The third-order valence-electron chi connectivity index (χ3n) is 5.13. The summed E-state index contributed by atoms with van der Waals surface area (Å²) in [6.07, 6.45) is 6.83. The van der Waals surface area contributed by atoms with E-state index in [2.05, 4.69) is 22.4 Å². The molecular formula is C25H31N3O4S. The molecule has 1 amide bonds. The summed E-state index contributed by atoms with van der Waals surface area (Å²) in [5.74, 6) is 2.08. The van der Waals surface area contributed by atoms with E-state index in [1.165, 1.54) is 31.0 Å². The number of ether oxygens (including phenoxy) is 3. The van der Waals surface area contributed by atoms with Crippen molar-refractivity contribution < 1.29 is 19.0 Å². The SMILES string of the molecule is CCCCCCOc1ccc(/C=N\N=C2/NC(=O)[C@@H](Cc3cccc(OC)c3)S2)cc1OC. The number of thioether (sulfide) groups is 1. The Morgan fingerprint density at radius 3 is 2.73 bits per heavy atom. The lowest BCUT2D eigenvalue weighted by atomic mass is 10.1. The van der Waals surface area contributed by atoms with Crippen LogP contribution in [0.3, 0.4) is 0 Å². The third kappa shape index (κ3) is 7.53. The average Bonchev–Trinajstić information content (AvgIpc) is 3.18. The number of carbonyl (C=O) groups is 1. The lowest BCUT2D eigenvalue weighted by Crippen LogP contribution is -2.25. The molecule has 1 aliphatic rings. The molecule has 2 aromatic rings. The van der Waals surface area contributed by atoms with E-state index in [4.69, 9.17) is 14.2 Å². The van der Waals surface area contributed by atoms with E-state index >= 15 is 0 Å². The van der Waals surface area contributed by atoms with Crippen LogP contribution in [0.25, 0.3) is 0 Å². The van der Waals surface area contributed by atoms with Gasteiger partial charge in [0.1, 0.15) is 5.75 Å². The largest absolute Gasteiger partial charge is 0.497 e. The fourth-order valence-corrected chi connectivity index (χ4v) is 4.31. The number of methoxy groups -OCH3 is 2. The van der Waals surface area contributed by atoms with Crippen LogP contribution in [0, 0.1) is 0 Å². The maximum atomic E-state index is 12.3. The van der Waals surface area contributed by atoms with E-state index in [0.29, 0.717) is 23.9 Å². The van der Waals surface area contributed by atoms with E-state index in [1.807, 2.05) is 42.5 Å². The van der Waals surface area contributed by atoms with Gasteiger partial charge in [-0.3, -0.25) is 4.79 Å². The number of nitrogens with zero attached hydrogens (tertiary/aromatic N) is 2. The molecule has 1 aliphatic heterocycles. The topological polar surface area (TPSA) is 81.5 Å². The number of nitrogens with one attached hydrogen (secondary N) is 1. The van der Waals surface area contributed by atoms with E-state index in [-0.39, 0.29) is 11.2 Å². The van der Waals surface area contributed by atoms with Crippen LogP contribution >= 0.6 is 11.8 Å². The summed E-state index contributed by atoms with van der Waals surface area (Å²) >= 11 is 1.38. The Balaban J connectivity index is 1.56. The van der Waals surface area contributed by atoms with Crippen molar-refractivity contribution in [3.8, 4) is 17.2 Å². The van der Waals surface area contributed by atoms with Crippen molar-refractivity contribution in [2.45, 2.75) is 44.3 Å². The number of unbranched alkanes of at least 4 members (excludes halogenated alkanes) is 3. The van der Waals surface area contributed by atoms with Crippen LogP contribution < -0.4 is 19.5 Å². The Labute approximate surface area is 199 Å². The predicted octanol–water partition coefficient (Wildman–Crippen LogP) is 4.83. The van der Waals surface area contributed by atoms with Crippen LogP contribution in [-0.4, -0.2) is 43.4 Å². The standard InChI is InChI=1S/C25H31N3O4S/c1-4-5-6-7-13-32-21-12-11-19(15-22(21)31-3)17-26-28-25-27-24(29)23(33-25)16-18-9-8-10-20(14-18)30-2/h8-12,14-15,17,23H,4-7,13,16H2,1-3H3,(H,27,28,29)/b26-17-/t23-/m1/s1. The first-order chi connectivity index (χ1) is 16.1. The van der Waals surface area contributed by atoms with Gasteiger partial charge < -0.3 is 19.5 Å². The summed E-state index contributed by atoms with van der Waals surface area (Å²) in [6.45, 7) is 2.86. The quantitative estimate of drug-likeness (QED) is 0.274. The highest BCUT2D eigenvalue weighted by atomic mass is 32.2. The van der Waals surface area contributed by atoms with Crippen molar-refractivity contribution in [3.05, 3.63) is 53.6 Å². The molecule has 1 atom stereocenters. The fourth-order valence-electron chi connectivity index (χ4n) is 3.34. The fraction of sp³-hybridized carbons (Fsp3) is 0.400. The first-order valence-electron chi connectivity index (χ1n) is 11.1. The monoisotopic (exact) mass is 469 g/mol. The van der Waals surface area contributed by atoms with Crippen LogP contribution in [0.15, 0.2) is 52.7 Å². The molecule has 0 bridgehead atoms. The second kappa shape index (κ2) is 12.9. The average molecular weight is 470 g/mol. The minimum Gasteiger partial charge on any atom is -0.497 e. The normalized spacial score (nSPS) is 16.9. The molecule has 0 aromatic heterocycles. The number of benzene rings is 2. The van der Waals surface area contributed by atoms with Gasteiger partial charge in [0, 0.05) is 0 Å². The van der Waals surface area contributed by atoms with Crippen molar-refractivity contribution in [1.82, 2.24) is 5.32 Å². The van der Waals surface area contributed by atoms with Gasteiger partial charge in [-0.25, -0.2) is 0 Å². The van der Waals surface area contributed by atoms with Gasteiger partial charge in [0.2, 0.25) is 5.91 Å². The van der Waals surface area contributed by atoms with Crippen LogP contribution in [0.2, 0.25) is 0 Å². The van der Waals surface area contributed by atoms with E-state index in [1.54, 1.807) is 20.4 Å². The van der Waals surface area contributed by atoms with Crippen molar-refractivity contribution in [3.63, 3.8) is 0 Å². The molecule has 0 aliphatic carbocycles. The lowest BCUT2D eigenvalue weighted by Gasteiger charge is -2.11. The molecule has 33 heavy (non-hydrogen) atoms. The summed E-state index contributed by atoms with van der Waals surface area (Å²) in [5.41, 5.74) is 1.86. The van der Waals surface area contributed by atoms with Gasteiger partial charge in [-0.1, -0.05) is 50.1 Å². The number of amides is 1. The summed E-state index contributed by atoms with van der Waals surface area (Å²) in [7, 11) is 3.25. The minimum absolute atomic E-state index is 0.0705. The zero-order valence-corrected chi connectivity index (χ0v) is 20.2. The molecule has 8 heteroatoms. The minimum atomic E-state index is -0.250. The van der Waals surface area contributed by atoms with Gasteiger partial charge in [0.25, 0.3) is 0 Å². The highest BCUT2D eigenvalue weighted by Gasteiger charge is 2.30. The molecule has 7 nitrogen and oxygen atoms in total. The zero-order chi connectivity index (χ0) is 23.5. The van der Waals surface area contributed by atoms with Crippen LogP contribution in [0.1, 0.15) is 43.7 Å². The molecule has 1 heterocycles. The van der Waals surface area contributed by atoms with Crippen LogP contribution in [0.4, 0.5) is 0 Å². The second-order valence-corrected chi connectivity index (χ2v) is 8.81. The van der Waals surface area contributed by atoms with Gasteiger partial charge in [0.15, 0.2) is 16.7 Å². The molecule has 0 unspecified atom stereocenters. The Bertz CT molecular complexity index is 993. The Morgan fingerprint density at radius 2 is 1.94 bits per heavy atom. The molecule has 1 saturated heterocycles. The van der Waals surface area contributed by atoms with Crippen molar-refractivity contribution in [2.75, 3.05) is 20.8 Å². The highest BCUT2D eigenvalue weighted by molar-refractivity contribution is 8.15. The third-order valence-corrected chi connectivity index (χ3v) is 6.20. The van der Waals surface area contributed by atoms with Gasteiger partial charge in [-0.15, -0.1) is 5.10 Å². The van der Waals surface area contributed by atoms with E-state index in [9.17, 15) is 4.79 Å². The number of rotatable bonds is 12. The van der Waals surface area contributed by atoms with Gasteiger partial charge in [-0.05, 0) is 54.3 Å². The highest BCUT2D eigenvalue weighted by Crippen LogP contribution is 2.28. The van der Waals surface area contributed by atoms with Crippen LogP contribution in [0.5, 0.6) is 17.2 Å². The Hall–Kier alpha value is -3.00. The molecule has 0 radical (unpaired) electrons. The maximum Gasteiger partial charge on any atom is 0.239 e. The molecule has 3 rings (SSSR count). The summed E-state index contributed by atoms with van der Waals surface area (Å²) < 4.78 is 16.6. The van der Waals surface area contributed by atoms with Crippen molar-refractivity contribution >= 4 is 29.1 Å². The van der Waals surface area contributed by atoms with Gasteiger partial charge >= 0.3 is 0 Å². The predicted molar refractivity (Wildman–Crippen MR) is 134 cm³/mol. The molecule has 0 saturated carbocycles. The first-order valence-corrected chi connectivity index (χ1v) is 12.0. The number of carbonyl (C=O) groups excluding carboxylic acids is 1. The first kappa shape index (κ1) is 24.6. The second-order valence-electron chi connectivity index (χ2n) is 7.62. The van der Waals surface area contributed by atoms with Crippen molar-refractivity contribution in [2.24, 2.45) is 10.2 Å². The molecular weight excluding hydrogens is 438 g/mol. The number of amidine groups is 1. The van der Waals surface area contributed by atoms with E-state index in [0.717, 1.165) is 29.0 Å². The zero-order valence-electron chi connectivity index (χ0n) is 19.4. The van der Waals surface area contributed by atoms with Gasteiger partial charge in [-0.2, -0.15) is 5.10 Å². The molecule has 1 N–H and O–H groups in total. The molecule has 176 valence electrons.